The van der Waals surface area contributed by atoms with Gasteiger partial charge in [-0.3, -0.25) is 0 Å². The van der Waals surface area contributed by atoms with E-state index in [1.807, 2.05) is 0 Å². The van der Waals surface area contributed by atoms with Crippen molar-refractivity contribution in [1.29, 1.82) is 0 Å². The van der Waals surface area contributed by atoms with Gasteiger partial charge < -0.3 is 4.74 Å². The van der Waals surface area contributed by atoms with Crippen LogP contribution in [0.15, 0.2) is 0 Å². The fourth-order valence-corrected chi connectivity index (χ4v) is 1.53. The summed E-state index contributed by atoms with van der Waals surface area (Å²) in [5.74, 6) is 0.314. The lowest BCUT2D eigenvalue weighted by Crippen LogP contribution is -2.15. The molecule has 1 radical (unpaired) electrons. The van der Waals surface area contributed by atoms with Crippen molar-refractivity contribution in [3.05, 3.63) is 0 Å². The molecule has 0 N–H and O–H groups in total. The van der Waals surface area contributed by atoms with Crippen LogP contribution in [0.2, 0.25) is 0 Å². The van der Waals surface area contributed by atoms with Gasteiger partial charge in [-0.05, 0) is 25.2 Å². The van der Waals surface area contributed by atoms with E-state index in [-0.39, 0.29) is 6.61 Å². The summed E-state index contributed by atoms with van der Waals surface area (Å²) in [4.78, 5) is 0. The van der Waals surface area contributed by atoms with Gasteiger partial charge in [0.1, 0.15) is 0 Å². The normalized spacial score (nSPS) is 15.4. The van der Waals surface area contributed by atoms with Crippen LogP contribution >= 0.6 is 0 Å². The smallest absolute Gasteiger partial charge is 0.0851 e. The zero-order valence-corrected chi connectivity index (χ0v) is 9.92. The molecule has 0 amide bonds. The average Bonchev–Trinajstić information content (AvgIpc) is 2.23. The molecule has 0 aliphatic carbocycles. The first-order chi connectivity index (χ1) is 6.78. The third-order valence-corrected chi connectivity index (χ3v) is 2.76. The Labute approximate surface area is 88.7 Å². The third kappa shape index (κ3) is 6.39. The number of ether oxygens (including phenoxy) is 1. The van der Waals surface area contributed by atoms with Crippen molar-refractivity contribution in [1.82, 2.24) is 0 Å². The molecule has 2 unspecified atom stereocenters. The molecule has 2 atom stereocenters. The lowest BCUT2D eigenvalue weighted by atomic mass is 10.0. The zero-order chi connectivity index (χ0) is 10.8. The van der Waals surface area contributed by atoms with Crippen LogP contribution in [0.4, 0.5) is 0 Å². The van der Waals surface area contributed by atoms with Crippen molar-refractivity contribution >= 4 is 0 Å². The molecule has 0 heterocycles. The first kappa shape index (κ1) is 13.9. The molecule has 0 aromatic carbocycles. The summed E-state index contributed by atoms with van der Waals surface area (Å²) in [6, 6.07) is 0. The second-order valence-corrected chi connectivity index (χ2v) is 3.92. The minimum absolute atomic E-state index is 0.0461. The predicted molar refractivity (Wildman–Crippen MR) is 58.9 cm³/mol. The van der Waals surface area contributed by atoms with E-state index in [1.54, 1.807) is 0 Å². The summed E-state index contributed by atoms with van der Waals surface area (Å²) in [6.45, 7) is 7.22. The van der Waals surface area contributed by atoms with Gasteiger partial charge in [0, 0.05) is 6.61 Å². The van der Waals surface area contributed by atoms with Gasteiger partial charge in [-0.25, -0.2) is 5.11 Å². The molecular weight excluding hydrogens is 176 g/mol. The van der Waals surface area contributed by atoms with E-state index in [1.165, 1.54) is 6.42 Å². The van der Waals surface area contributed by atoms with Crippen molar-refractivity contribution in [2.45, 2.75) is 59.0 Å². The Morgan fingerprint density at radius 1 is 1.07 bits per heavy atom. The van der Waals surface area contributed by atoms with Crippen LogP contribution in [-0.2, 0) is 9.84 Å². The monoisotopic (exact) mass is 201 g/mol. The summed E-state index contributed by atoms with van der Waals surface area (Å²) in [6.07, 6.45) is 5.73. The molecule has 85 valence electrons. The van der Waals surface area contributed by atoms with Crippen LogP contribution in [0.1, 0.15) is 52.9 Å². The van der Waals surface area contributed by atoms with Gasteiger partial charge in [0.2, 0.25) is 0 Å². The Hall–Kier alpha value is -0.0800. The fourth-order valence-electron chi connectivity index (χ4n) is 1.53. The Balaban J connectivity index is 3.48. The first-order valence-electron chi connectivity index (χ1n) is 5.98. The molecule has 0 rings (SSSR count). The summed E-state index contributed by atoms with van der Waals surface area (Å²) in [5.41, 5.74) is 0. The fraction of sp³-hybridized carbons (Fsp3) is 1.00. The molecule has 0 aromatic heterocycles. The minimum atomic E-state index is 0.0461. The topological polar surface area (TPSA) is 29.1 Å². The largest absolute Gasteiger partial charge is 0.378 e. The van der Waals surface area contributed by atoms with Crippen LogP contribution in [0.25, 0.3) is 0 Å². The standard InChI is InChI=1S/C12H25O2/c1-4-7-12(6-3)14-9-8-11(5-2)10-13/h11-12H,4-10H2,1-3H3. The molecule has 0 saturated heterocycles. The maximum Gasteiger partial charge on any atom is 0.0851 e. The van der Waals surface area contributed by atoms with Crippen LogP contribution < -0.4 is 0 Å². The molecule has 0 aliphatic heterocycles. The van der Waals surface area contributed by atoms with E-state index >= 15 is 0 Å². The molecule has 0 bridgehead atoms. The quantitative estimate of drug-likeness (QED) is 0.562. The average molecular weight is 201 g/mol. The summed E-state index contributed by atoms with van der Waals surface area (Å²) in [7, 11) is 0. The Bertz CT molecular complexity index is 111. The second kappa shape index (κ2) is 9.47. The van der Waals surface area contributed by atoms with Gasteiger partial charge in [0.25, 0.3) is 0 Å². The maximum absolute atomic E-state index is 10.7. The van der Waals surface area contributed by atoms with E-state index in [9.17, 15) is 5.11 Å². The Morgan fingerprint density at radius 3 is 2.21 bits per heavy atom. The molecule has 0 aromatic rings. The SMILES string of the molecule is CCCC(CC)OCCC(CC)C[O]. The van der Waals surface area contributed by atoms with Crippen molar-refractivity contribution < 1.29 is 9.84 Å². The lowest BCUT2D eigenvalue weighted by Gasteiger charge is -2.17. The van der Waals surface area contributed by atoms with E-state index in [0.29, 0.717) is 12.0 Å². The number of hydrogen-bond acceptors (Lipinski definition) is 1. The Morgan fingerprint density at radius 2 is 1.79 bits per heavy atom. The van der Waals surface area contributed by atoms with Crippen LogP contribution in [0, 0.1) is 5.92 Å². The Kier molecular flexibility index (Phi) is 9.42. The van der Waals surface area contributed by atoms with Crippen LogP contribution in [0.5, 0.6) is 0 Å². The highest BCUT2D eigenvalue weighted by Gasteiger charge is 2.08. The molecule has 0 fully saturated rings. The van der Waals surface area contributed by atoms with Gasteiger partial charge in [-0.2, -0.15) is 0 Å². The van der Waals surface area contributed by atoms with Crippen LogP contribution in [0.3, 0.4) is 0 Å². The van der Waals surface area contributed by atoms with E-state index in [0.717, 1.165) is 32.3 Å². The predicted octanol–water partition coefficient (Wildman–Crippen LogP) is 3.43. The number of hydrogen-bond donors (Lipinski definition) is 0. The van der Waals surface area contributed by atoms with Crippen LogP contribution in [-0.4, -0.2) is 19.3 Å². The summed E-state index contributed by atoms with van der Waals surface area (Å²) >= 11 is 0. The van der Waals surface area contributed by atoms with Crippen molar-refractivity contribution in [3.63, 3.8) is 0 Å². The van der Waals surface area contributed by atoms with Gasteiger partial charge in [0.05, 0.1) is 12.7 Å². The molecule has 0 spiro atoms. The van der Waals surface area contributed by atoms with E-state index in [2.05, 4.69) is 20.8 Å². The van der Waals surface area contributed by atoms with Gasteiger partial charge in [-0.1, -0.05) is 33.6 Å². The molecular formula is C12H25O2. The number of rotatable bonds is 9. The van der Waals surface area contributed by atoms with Gasteiger partial charge >= 0.3 is 0 Å². The third-order valence-electron chi connectivity index (χ3n) is 2.76. The highest BCUT2D eigenvalue weighted by molar-refractivity contribution is 4.57. The van der Waals surface area contributed by atoms with Crippen molar-refractivity contribution in [2.75, 3.05) is 13.2 Å². The van der Waals surface area contributed by atoms with Gasteiger partial charge in [0.15, 0.2) is 0 Å². The second-order valence-electron chi connectivity index (χ2n) is 3.92. The molecule has 0 aliphatic rings. The molecule has 0 saturated carbocycles. The summed E-state index contributed by atoms with van der Waals surface area (Å²) < 4.78 is 5.73. The highest BCUT2D eigenvalue weighted by atomic mass is 16.5. The first-order valence-corrected chi connectivity index (χ1v) is 5.98. The van der Waals surface area contributed by atoms with E-state index < -0.39 is 0 Å². The summed E-state index contributed by atoms with van der Waals surface area (Å²) in [5, 5.41) is 10.7. The minimum Gasteiger partial charge on any atom is -0.378 e. The molecule has 14 heavy (non-hydrogen) atoms. The van der Waals surface area contributed by atoms with Gasteiger partial charge in [-0.15, -0.1) is 0 Å². The van der Waals surface area contributed by atoms with E-state index in [4.69, 9.17) is 4.74 Å². The maximum atomic E-state index is 10.7. The lowest BCUT2D eigenvalue weighted by molar-refractivity contribution is 0.0265. The molecule has 2 nitrogen and oxygen atoms in total. The molecule has 2 heteroatoms. The van der Waals surface area contributed by atoms with Crippen molar-refractivity contribution in [3.8, 4) is 0 Å². The highest BCUT2D eigenvalue weighted by Crippen LogP contribution is 2.11. The zero-order valence-electron chi connectivity index (χ0n) is 9.92. The van der Waals surface area contributed by atoms with Crippen molar-refractivity contribution in [2.24, 2.45) is 5.92 Å².